The number of aryl methyl sites for hydroxylation is 2. The number of furan rings is 1. The van der Waals surface area contributed by atoms with Crippen LogP contribution in [0.1, 0.15) is 40.3 Å². The first-order valence-corrected chi connectivity index (χ1v) is 8.72. The third-order valence-electron chi connectivity index (χ3n) is 3.65. The quantitative estimate of drug-likeness (QED) is 0.872. The Morgan fingerprint density at radius 1 is 1.22 bits per heavy atom. The van der Waals surface area contributed by atoms with Gasteiger partial charge in [0.05, 0.1) is 0 Å². The Morgan fingerprint density at radius 3 is 2.39 bits per heavy atom. The van der Waals surface area contributed by atoms with E-state index >= 15 is 0 Å². The number of amides is 1. The molecule has 0 aliphatic carbocycles. The highest BCUT2D eigenvalue weighted by Gasteiger charge is 2.28. The molecule has 2 aromatic rings. The van der Waals surface area contributed by atoms with Crippen LogP contribution in [-0.4, -0.2) is 20.9 Å². The van der Waals surface area contributed by atoms with Crippen LogP contribution < -0.4 is 10.5 Å². The number of hydrogen-bond donors (Lipinski definition) is 2. The van der Waals surface area contributed by atoms with Gasteiger partial charge in [-0.2, -0.15) is 0 Å². The fourth-order valence-corrected chi connectivity index (χ4v) is 3.47. The summed E-state index contributed by atoms with van der Waals surface area (Å²) in [7, 11) is -4.03. The van der Waals surface area contributed by atoms with Crippen molar-refractivity contribution in [2.45, 2.75) is 31.6 Å². The van der Waals surface area contributed by atoms with Gasteiger partial charge in [-0.3, -0.25) is 4.79 Å². The summed E-state index contributed by atoms with van der Waals surface area (Å²) in [6.45, 7) is 5.35. The molecule has 2 rings (SSSR count). The summed E-state index contributed by atoms with van der Waals surface area (Å²) in [5.41, 5.74) is 1.06. The van der Waals surface area contributed by atoms with Crippen molar-refractivity contribution in [3.63, 3.8) is 0 Å². The molecule has 3 N–H and O–H groups in total. The normalized spacial score (nSPS) is 12.9. The number of nitrogens with two attached hydrogens (primary N) is 1. The predicted octanol–water partition coefficient (Wildman–Crippen LogP) is 2.08. The number of sulfonamides is 1. The van der Waals surface area contributed by atoms with Gasteiger partial charge in [-0.25, -0.2) is 13.6 Å². The Bertz CT molecular complexity index is 810. The molecule has 0 aliphatic heterocycles. The van der Waals surface area contributed by atoms with Crippen LogP contribution in [-0.2, 0) is 10.0 Å². The Kier molecular flexibility index (Phi) is 4.91. The van der Waals surface area contributed by atoms with E-state index in [4.69, 9.17) is 9.56 Å². The number of hydrogen-bond acceptors (Lipinski definition) is 4. The van der Waals surface area contributed by atoms with E-state index in [1.165, 1.54) is 13.8 Å². The van der Waals surface area contributed by atoms with Gasteiger partial charge in [-0.1, -0.05) is 37.3 Å². The molecule has 124 valence electrons. The average molecular weight is 336 g/mol. The van der Waals surface area contributed by atoms with Gasteiger partial charge in [0.15, 0.2) is 0 Å². The Labute approximate surface area is 135 Å². The molecule has 1 aromatic heterocycles. The largest absolute Gasteiger partial charge is 0.464 e. The summed E-state index contributed by atoms with van der Waals surface area (Å²) >= 11 is 0. The lowest BCUT2D eigenvalue weighted by atomic mass is 10.0. The number of carbonyl (C=O) groups excluding carboxylic acids is 1. The minimum absolute atomic E-state index is 0.0229. The second-order valence-electron chi connectivity index (χ2n) is 5.49. The number of nitrogens with one attached hydrogen (secondary N) is 1. The van der Waals surface area contributed by atoms with Crippen molar-refractivity contribution in [2.75, 3.05) is 6.54 Å². The molecule has 1 aromatic carbocycles. The first kappa shape index (κ1) is 17.2. The lowest BCUT2D eigenvalue weighted by Crippen LogP contribution is -2.29. The minimum Gasteiger partial charge on any atom is -0.464 e. The zero-order chi connectivity index (χ0) is 17.2. The molecule has 0 bridgehead atoms. The van der Waals surface area contributed by atoms with E-state index in [1.54, 1.807) is 0 Å². The first-order valence-electron chi connectivity index (χ1n) is 7.17. The van der Waals surface area contributed by atoms with E-state index in [9.17, 15) is 13.2 Å². The Hall–Kier alpha value is -2.12. The van der Waals surface area contributed by atoms with Crippen molar-refractivity contribution in [2.24, 2.45) is 5.14 Å². The first-order chi connectivity index (χ1) is 10.7. The van der Waals surface area contributed by atoms with Crippen molar-refractivity contribution >= 4 is 15.9 Å². The number of benzene rings is 1. The van der Waals surface area contributed by atoms with Gasteiger partial charge in [0.2, 0.25) is 10.0 Å². The van der Waals surface area contributed by atoms with Crippen molar-refractivity contribution in [3.8, 4) is 0 Å². The van der Waals surface area contributed by atoms with Crippen molar-refractivity contribution in [1.29, 1.82) is 0 Å². The average Bonchev–Trinajstić information content (AvgIpc) is 2.79. The molecule has 0 saturated carbocycles. The fourth-order valence-electron chi connectivity index (χ4n) is 2.50. The molecule has 23 heavy (non-hydrogen) atoms. The van der Waals surface area contributed by atoms with Crippen molar-refractivity contribution in [3.05, 3.63) is 53.0 Å². The highest BCUT2D eigenvalue weighted by atomic mass is 32.2. The molecule has 1 unspecified atom stereocenters. The van der Waals surface area contributed by atoms with Crippen LogP contribution in [0.3, 0.4) is 0 Å². The highest BCUT2D eigenvalue weighted by molar-refractivity contribution is 7.89. The molecule has 0 aliphatic rings. The molecule has 1 heterocycles. The molecule has 1 amide bonds. The van der Waals surface area contributed by atoms with Gasteiger partial charge in [0.25, 0.3) is 5.91 Å². The molecule has 0 radical (unpaired) electrons. The molecule has 6 nitrogen and oxygen atoms in total. The third kappa shape index (κ3) is 3.80. The standard InChI is InChI=1S/C16H20N2O4S/c1-10(13-7-5-4-6-8-13)9-18-16(19)14-11(2)22-12(3)15(14)23(17,20)21/h4-8,10H,9H2,1-3H3,(H,18,19)(H2,17,20,21). The Morgan fingerprint density at radius 2 is 1.83 bits per heavy atom. The SMILES string of the molecule is Cc1oc(C)c(S(N)(=O)=O)c1C(=O)NCC(C)c1ccccc1. The molecular weight excluding hydrogens is 316 g/mol. The van der Waals surface area contributed by atoms with Gasteiger partial charge in [-0.05, 0) is 25.3 Å². The number of carbonyl (C=O) groups is 1. The van der Waals surface area contributed by atoms with E-state index < -0.39 is 15.9 Å². The van der Waals surface area contributed by atoms with E-state index in [-0.39, 0.29) is 27.9 Å². The lowest BCUT2D eigenvalue weighted by molar-refractivity contribution is 0.0947. The summed E-state index contributed by atoms with van der Waals surface area (Å²) < 4.78 is 28.6. The van der Waals surface area contributed by atoms with Crippen molar-refractivity contribution < 1.29 is 17.6 Å². The third-order valence-corrected chi connectivity index (χ3v) is 4.71. The van der Waals surface area contributed by atoms with E-state index in [0.717, 1.165) is 5.56 Å². The maximum Gasteiger partial charge on any atom is 0.256 e. The molecule has 1 atom stereocenters. The summed E-state index contributed by atoms with van der Waals surface area (Å²) in [6, 6.07) is 9.72. The van der Waals surface area contributed by atoms with Gasteiger partial charge in [0.1, 0.15) is 22.0 Å². The summed E-state index contributed by atoms with van der Waals surface area (Å²) in [5.74, 6) is -0.0693. The molecule has 0 fully saturated rings. The maximum atomic E-state index is 12.4. The van der Waals surface area contributed by atoms with Gasteiger partial charge in [-0.15, -0.1) is 0 Å². The molecular formula is C16H20N2O4S. The minimum atomic E-state index is -4.03. The fraction of sp³-hybridized carbons (Fsp3) is 0.312. The number of rotatable bonds is 5. The second kappa shape index (κ2) is 6.55. The van der Waals surface area contributed by atoms with E-state index in [0.29, 0.717) is 6.54 Å². The molecule has 0 saturated heterocycles. The van der Waals surface area contributed by atoms with Crippen LogP contribution in [0.15, 0.2) is 39.6 Å². The topological polar surface area (TPSA) is 102 Å². The highest BCUT2D eigenvalue weighted by Crippen LogP contribution is 2.25. The summed E-state index contributed by atoms with van der Waals surface area (Å²) in [5, 5.41) is 7.93. The lowest BCUT2D eigenvalue weighted by Gasteiger charge is -2.13. The zero-order valence-electron chi connectivity index (χ0n) is 13.3. The zero-order valence-corrected chi connectivity index (χ0v) is 14.1. The number of primary sulfonamides is 1. The van der Waals surface area contributed by atoms with E-state index in [1.807, 2.05) is 37.3 Å². The summed E-state index contributed by atoms with van der Waals surface area (Å²) in [4.78, 5) is 12.1. The van der Waals surface area contributed by atoms with Crippen LogP contribution in [0.2, 0.25) is 0 Å². The van der Waals surface area contributed by atoms with E-state index in [2.05, 4.69) is 5.32 Å². The smallest absolute Gasteiger partial charge is 0.256 e. The summed E-state index contributed by atoms with van der Waals surface area (Å²) in [6.07, 6.45) is 0. The van der Waals surface area contributed by atoms with Gasteiger partial charge in [0, 0.05) is 6.54 Å². The Balaban J connectivity index is 2.19. The van der Waals surface area contributed by atoms with Crippen LogP contribution in [0.5, 0.6) is 0 Å². The van der Waals surface area contributed by atoms with Crippen LogP contribution in [0.4, 0.5) is 0 Å². The van der Waals surface area contributed by atoms with Crippen LogP contribution in [0, 0.1) is 13.8 Å². The monoisotopic (exact) mass is 336 g/mol. The maximum absolute atomic E-state index is 12.4. The molecule has 7 heteroatoms. The van der Waals surface area contributed by atoms with Crippen LogP contribution in [0.25, 0.3) is 0 Å². The van der Waals surface area contributed by atoms with Crippen molar-refractivity contribution in [1.82, 2.24) is 5.32 Å². The van der Waals surface area contributed by atoms with Gasteiger partial charge >= 0.3 is 0 Å². The molecule has 0 spiro atoms. The second-order valence-corrected chi connectivity index (χ2v) is 6.98. The van der Waals surface area contributed by atoms with Gasteiger partial charge < -0.3 is 9.73 Å². The predicted molar refractivity (Wildman–Crippen MR) is 86.7 cm³/mol. The van der Waals surface area contributed by atoms with Crippen LogP contribution >= 0.6 is 0 Å².